The van der Waals surface area contributed by atoms with Crippen LogP contribution in [-0.2, 0) is 11.4 Å². The van der Waals surface area contributed by atoms with Crippen LogP contribution >= 0.6 is 11.8 Å². The fourth-order valence-electron chi connectivity index (χ4n) is 2.18. The number of amidine groups is 1. The number of nitrogens with zero attached hydrogens (tertiary/aromatic N) is 2. The Kier molecular flexibility index (Phi) is 5.85. The van der Waals surface area contributed by atoms with E-state index in [0.29, 0.717) is 28.0 Å². The number of methoxy groups -OCH3 is 1. The number of ether oxygens (including phenoxy) is 2. The van der Waals surface area contributed by atoms with Gasteiger partial charge in [-0.2, -0.15) is 5.10 Å². The first-order valence-corrected chi connectivity index (χ1v) is 8.72. The van der Waals surface area contributed by atoms with Crippen molar-refractivity contribution in [3.8, 4) is 11.5 Å². The predicted molar refractivity (Wildman–Crippen MR) is 99.4 cm³/mol. The maximum Gasteiger partial charge on any atom is 0.236 e. The van der Waals surface area contributed by atoms with E-state index in [4.69, 9.17) is 9.47 Å². The lowest BCUT2D eigenvalue weighted by Crippen LogP contribution is -2.19. The Morgan fingerprint density at radius 1 is 1.27 bits per heavy atom. The molecule has 0 unspecified atom stereocenters. The molecule has 134 valence electrons. The Morgan fingerprint density at radius 3 is 2.85 bits per heavy atom. The van der Waals surface area contributed by atoms with Crippen LogP contribution < -0.4 is 14.8 Å². The summed E-state index contributed by atoms with van der Waals surface area (Å²) in [6.07, 6.45) is 1.54. The second-order valence-electron chi connectivity index (χ2n) is 5.28. The number of thioether (sulfide) groups is 1. The maximum absolute atomic E-state index is 13.7. The predicted octanol–water partition coefficient (Wildman–Crippen LogP) is 2.97. The minimum atomic E-state index is -0.314. The van der Waals surface area contributed by atoms with Crippen molar-refractivity contribution in [1.29, 1.82) is 0 Å². The summed E-state index contributed by atoms with van der Waals surface area (Å²) in [5.74, 6) is 0.962. The molecule has 1 heterocycles. The van der Waals surface area contributed by atoms with E-state index >= 15 is 0 Å². The lowest BCUT2D eigenvalue weighted by molar-refractivity contribution is -0.116. The Bertz CT molecular complexity index is 871. The number of carbonyl (C=O) groups is 1. The number of nitrogens with one attached hydrogen (secondary N) is 1. The van der Waals surface area contributed by atoms with Gasteiger partial charge in [-0.15, -0.1) is 5.10 Å². The molecule has 8 heteroatoms. The Morgan fingerprint density at radius 2 is 2.12 bits per heavy atom. The molecule has 0 spiro atoms. The smallest absolute Gasteiger partial charge is 0.236 e. The fraction of sp³-hybridized carbons (Fsp3) is 0.167. The highest BCUT2D eigenvalue weighted by Gasteiger charge is 2.16. The van der Waals surface area contributed by atoms with Crippen molar-refractivity contribution in [2.75, 3.05) is 12.9 Å². The first-order chi connectivity index (χ1) is 12.7. The summed E-state index contributed by atoms with van der Waals surface area (Å²) < 4.78 is 24.6. The van der Waals surface area contributed by atoms with Gasteiger partial charge in [-0.25, -0.2) is 4.39 Å². The Labute approximate surface area is 154 Å². The molecule has 3 rings (SSSR count). The third kappa shape index (κ3) is 4.60. The van der Waals surface area contributed by atoms with Crippen LogP contribution in [0.1, 0.15) is 11.1 Å². The number of amides is 1. The van der Waals surface area contributed by atoms with E-state index in [1.807, 2.05) is 0 Å². The Balaban J connectivity index is 1.67. The summed E-state index contributed by atoms with van der Waals surface area (Å²) >= 11 is 1.30. The van der Waals surface area contributed by atoms with Crippen molar-refractivity contribution in [2.24, 2.45) is 10.2 Å². The fourth-order valence-corrected chi connectivity index (χ4v) is 2.81. The highest BCUT2D eigenvalue weighted by molar-refractivity contribution is 8.15. The van der Waals surface area contributed by atoms with Gasteiger partial charge in [0, 0.05) is 5.56 Å². The van der Waals surface area contributed by atoms with E-state index in [2.05, 4.69) is 15.5 Å². The monoisotopic (exact) mass is 373 g/mol. The molecule has 26 heavy (non-hydrogen) atoms. The van der Waals surface area contributed by atoms with Gasteiger partial charge in [0.15, 0.2) is 16.7 Å². The van der Waals surface area contributed by atoms with E-state index in [9.17, 15) is 9.18 Å². The normalized spacial score (nSPS) is 15.5. The van der Waals surface area contributed by atoms with Crippen LogP contribution in [0.15, 0.2) is 52.7 Å². The zero-order chi connectivity index (χ0) is 18.4. The number of hydrogen-bond acceptors (Lipinski definition) is 6. The van der Waals surface area contributed by atoms with Gasteiger partial charge in [0.25, 0.3) is 0 Å². The molecule has 0 aliphatic carbocycles. The van der Waals surface area contributed by atoms with Crippen molar-refractivity contribution < 1.29 is 18.7 Å². The van der Waals surface area contributed by atoms with Crippen LogP contribution in [0.2, 0.25) is 0 Å². The molecule has 2 aromatic rings. The summed E-state index contributed by atoms with van der Waals surface area (Å²) in [5, 5.41) is 11.0. The molecule has 6 nitrogen and oxygen atoms in total. The molecule has 1 aliphatic rings. The van der Waals surface area contributed by atoms with Crippen molar-refractivity contribution in [3.63, 3.8) is 0 Å². The highest BCUT2D eigenvalue weighted by Crippen LogP contribution is 2.28. The number of halogens is 1. The third-order valence-corrected chi connectivity index (χ3v) is 4.33. The van der Waals surface area contributed by atoms with Crippen molar-refractivity contribution >= 4 is 29.1 Å². The summed E-state index contributed by atoms with van der Waals surface area (Å²) in [7, 11) is 1.52. The van der Waals surface area contributed by atoms with Crippen LogP contribution in [0.25, 0.3) is 0 Å². The summed E-state index contributed by atoms with van der Waals surface area (Å²) in [4.78, 5) is 11.1. The number of carbonyl (C=O) groups excluding carboxylic acids is 1. The maximum atomic E-state index is 13.7. The molecule has 1 N–H and O–H groups in total. The van der Waals surface area contributed by atoms with E-state index in [1.165, 1.54) is 24.9 Å². The first kappa shape index (κ1) is 17.9. The average Bonchev–Trinajstić information content (AvgIpc) is 3.06. The summed E-state index contributed by atoms with van der Waals surface area (Å²) in [6, 6.07) is 11.7. The zero-order valence-electron chi connectivity index (χ0n) is 13.9. The van der Waals surface area contributed by atoms with Gasteiger partial charge in [-0.05, 0) is 29.8 Å². The second kappa shape index (κ2) is 8.48. The van der Waals surface area contributed by atoms with E-state index in [1.54, 1.807) is 42.6 Å². The molecule has 0 atom stereocenters. The topological polar surface area (TPSA) is 72.3 Å². The number of rotatable bonds is 6. The number of benzene rings is 2. The molecule has 0 aromatic heterocycles. The van der Waals surface area contributed by atoms with Gasteiger partial charge < -0.3 is 14.8 Å². The van der Waals surface area contributed by atoms with Gasteiger partial charge in [-0.3, -0.25) is 4.79 Å². The number of hydrogen-bond donors (Lipinski definition) is 1. The summed E-state index contributed by atoms with van der Waals surface area (Å²) in [6.45, 7) is 0.0983. The standard InChI is InChI=1S/C18H16FN3O3S/c1-24-16-8-12(9-20-22-18-21-17(23)11-26-18)6-7-15(16)25-10-13-4-2-3-5-14(13)19/h2-9H,10-11H2,1H3,(H,21,22,23)/b20-9+. The molecular weight excluding hydrogens is 357 g/mol. The minimum absolute atomic E-state index is 0.0815. The molecular formula is C18H16FN3O3S. The van der Waals surface area contributed by atoms with Crippen molar-refractivity contribution in [3.05, 3.63) is 59.4 Å². The van der Waals surface area contributed by atoms with Crippen LogP contribution in [0, 0.1) is 5.82 Å². The third-order valence-electron chi connectivity index (χ3n) is 3.47. The van der Waals surface area contributed by atoms with Gasteiger partial charge in [0.2, 0.25) is 5.91 Å². The quantitative estimate of drug-likeness (QED) is 0.624. The largest absolute Gasteiger partial charge is 0.493 e. The van der Waals surface area contributed by atoms with Gasteiger partial charge in [0.05, 0.1) is 19.1 Å². The first-order valence-electron chi connectivity index (χ1n) is 7.73. The molecule has 1 aliphatic heterocycles. The average molecular weight is 373 g/mol. The van der Waals surface area contributed by atoms with Crippen LogP contribution in [-0.4, -0.2) is 30.2 Å². The van der Waals surface area contributed by atoms with Crippen LogP contribution in [0.3, 0.4) is 0 Å². The van der Waals surface area contributed by atoms with Gasteiger partial charge in [-0.1, -0.05) is 30.0 Å². The van der Waals surface area contributed by atoms with Crippen molar-refractivity contribution in [2.45, 2.75) is 6.61 Å². The lowest BCUT2D eigenvalue weighted by atomic mass is 10.2. The zero-order valence-corrected chi connectivity index (χ0v) is 14.8. The lowest BCUT2D eigenvalue weighted by Gasteiger charge is -2.11. The molecule has 2 aromatic carbocycles. The van der Waals surface area contributed by atoms with Crippen LogP contribution in [0.4, 0.5) is 4.39 Å². The molecule has 1 fully saturated rings. The van der Waals surface area contributed by atoms with E-state index < -0.39 is 0 Å². The van der Waals surface area contributed by atoms with Crippen molar-refractivity contribution in [1.82, 2.24) is 5.32 Å². The second-order valence-corrected chi connectivity index (χ2v) is 6.24. The van der Waals surface area contributed by atoms with E-state index in [-0.39, 0.29) is 18.3 Å². The molecule has 0 radical (unpaired) electrons. The van der Waals surface area contributed by atoms with Gasteiger partial charge >= 0.3 is 0 Å². The summed E-state index contributed by atoms with van der Waals surface area (Å²) in [5.41, 5.74) is 1.21. The SMILES string of the molecule is COc1cc(/C=N/N=C2NC(=O)CS2)ccc1OCc1ccccc1F. The van der Waals surface area contributed by atoms with Gasteiger partial charge in [0.1, 0.15) is 12.4 Å². The highest BCUT2D eigenvalue weighted by atomic mass is 32.2. The molecule has 1 amide bonds. The molecule has 0 saturated carbocycles. The van der Waals surface area contributed by atoms with Crippen LogP contribution in [0.5, 0.6) is 11.5 Å². The minimum Gasteiger partial charge on any atom is -0.493 e. The molecule has 1 saturated heterocycles. The van der Waals surface area contributed by atoms with E-state index in [0.717, 1.165) is 5.56 Å². The molecule has 0 bridgehead atoms. The Hall–Kier alpha value is -2.87.